The lowest BCUT2D eigenvalue weighted by Crippen LogP contribution is -2.31. The van der Waals surface area contributed by atoms with Crippen molar-refractivity contribution in [1.82, 2.24) is 10.1 Å². The van der Waals surface area contributed by atoms with Crippen molar-refractivity contribution in [3.8, 4) is 11.4 Å². The summed E-state index contributed by atoms with van der Waals surface area (Å²) in [6.07, 6.45) is 0.713. The number of hydrogen-bond acceptors (Lipinski definition) is 4. The number of nitrogens with zero attached hydrogens (tertiary/aromatic N) is 3. The minimum absolute atomic E-state index is 0.0393. The number of halogens is 1. The van der Waals surface area contributed by atoms with Gasteiger partial charge in [-0.1, -0.05) is 28.9 Å². The minimum Gasteiger partial charge on any atom is -0.339 e. The van der Waals surface area contributed by atoms with Gasteiger partial charge in [-0.15, -0.1) is 0 Å². The van der Waals surface area contributed by atoms with Gasteiger partial charge in [-0.25, -0.2) is 0 Å². The van der Waals surface area contributed by atoms with Crippen LogP contribution in [0.25, 0.3) is 11.4 Å². The SMILES string of the molecule is CCN(C(=O)CCc1nc(-c2ccc(Cl)cc2)no1)c1cc(C)ccc1C. The van der Waals surface area contributed by atoms with Gasteiger partial charge in [0.15, 0.2) is 0 Å². The van der Waals surface area contributed by atoms with Gasteiger partial charge in [0, 0.05) is 35.7 Å². The molecule has 0 unspecified atom stereocenters. The van der Waals surface area contributed by atoms with Crippen molar-refractivity contribution < 1.29 is 9.32 Å². The van der Waals surface area contributed by atoms with E-state index in [9.17, 15) is 4.79 Å². The predicted octanol–water partition coefficient (Wildman–Crippen LogP) is 4.99. The Balaban J connectivity index is 1.68. The predicted molar refractivity (Wildman–Crippen MR) is 107 cm³/mol. The second-order valence-corrected chi connectivity index (χ2v) is 6.88. The number of hydrogen-bond donors (Lipinski definition) is 0. The molecule has 0 atom stereocenters. The summed E-state index contributed by atoms with van der Waals surface area (Å²) in [5.74, 6) is 0.985. The summed E-state index contributed by atoms with van der Waals surface area (Å²) in [5, 5.41) is 4.64. The number of aryl methyl sites for hydroxylation is 3. The Hall–Kier alpha value is -2.66. The molecule has 0 aliphatic heterocycles. The van der Waals surface area contributed by atoms with E-state index >= 15 is 0 Å². The Labute approximate surface area is 164 Å². The van der Waals surface area contributed by atoms with Crippen molar-refractivity contribution in [2.75, 3.05) is 11.4 Å². The molecule has 0 fully saturated rings. The van der Waals surface area contributed by atoms with Crippen molar-refractivity contribution in [2.45, 2.75) is 33.6 Å². The van der Waals surface area contributed by atoms with Gasteiger partial charge in [-0.3, -0.25) is 4.79 Å². The van der Waals surface area contributed by atoms with Crippen LogP contribution in [0.1, 0.15) is 30.4 Å². The fraction of sp³-hybridized carbons (Fsp3) is 0.286. The Morgan fingerprint density at radius 2 is 1.89 bits per heavy atom. The molecular formula is C21H22ClN3O2. The molecule has 2 aromatic carbocycles. The van der Waals surface area contributed by atoms with Gasteiger partial charge in [0.2, 0.25) is 17.6 Å². The van der Waals surface area contributed by atoms with Crippen LogP contribution >= 0.6 is 11.6 Å². The maximum absolute atomic E-state index is 12.7. The number of amides is 1. The van der Waals surface area contributed by atoms with E-state index in [0.29, 0.717) is 36.1 Å². The number of rotatable bonds is 6. The van der Waals surface area contributed by atoms with Gasteiger partial charge >= 0.3 is 0 Å². The summed E-state index contributed by atoms with van der Waals surface area (Å²) in [7, 11) is 0. The van der Waals surface area contributed by atoms with Crippen LogP contribution in [0.2, 0.25) is 5.02 Å². The van der Waals surface area contributed by atoms with Crippen LogP contribution in [-0.2, 0) is 11.2 Å². The summed E-state index contributed by atoms with van der Waals surface area (Å²) >= 11 is 5.90. The lowest BCUT2D eigenvalue weighted by atomic mass is 10.1. The van der Waals surface area contributed by atoms with Crippen molar-refractivity contribution >= 4 is 23.2 Å². The Bertz CT molecular complexity index is 935. The van der Waals surface area contributed by atoms with Crippen molar-refractivity contribution in [2.24, 2.45) is 0 Å². The number of carbonyl (C=O) groups excluding carboxylic acids is 1. The van der Waals surface area contributed by atoms with Crippen LogP contribution in [-0.4, -0.2) is 22.6 Å². The molecule has 0 radical (unpaired) electrons. The van der Waals surface area contributed by atoms with E-state index in [1.165, 1.54) is 0 Å². The van der Waals surface area contributed by atoms with Crippen molar-refractivity contribution in [3.63, 3.8) is 0 Å². The molecule has 1 heterocycles. The average Bonchev–Trinajstić information content (AvgIpc) is 3.13. The zero-order valence-corrected chi connectivity index (χ0v) is 16.5. The molecule has 27 heavy (non-hydrogen) atoms. The third kappa shape index (κ3) is 4.55. The number of anilines is 1. The molecule has 3 aromatic rings. The zero-order chi connectivity index (χ0) is 19.4. The maximum Gasteiger partial charge on any atom is 0.227 e. The lowest BCUT2D eigenvalue weighted by molar-refractivity contribution is -0.118. The molecule has 0 saturated heterocycles. The molecule has 5 nitrogen and oxygen atoms in total. The minimum atomic E-state index is 0.0393. The largest absolute Gasteiger partial charge is 0.339 e. The fourth-order valence-corrected chi connectivity index (χ4v) is 3.04. The Morgan fingerprint density at radius 3 is 2.59 bits per heavy atom. The monoisotopic (exact) mass is 383 g/mol. The van der Waals surface area contributed by atoms with Crippen LogP contribution in [0, 0.1) is 13.8 Å². The molecule has 0 N–H and O–H groups in total. The van der Waals surface area contributed by atoms with Gasteiger partial charge in [0.1, 0.15) is 0 Å². The van der Waals surface area contributed by atoms with Crippen LogP contribution in [0.15, 0.2) is 47.0 Å². The molecular weight excluding hydrogens is 362 g/mol. The van der Waals surface area contributed by atoms with Gasteiger partial charge in [-0.05, 0) is 62.2 Å². The summed E-state index contributed by atoms with van der Waals surface area (Å²) in [6.45, 7) is 6.63. The molecule has 3 rings (SSSR count). The van der Waals surface area contributed by atoms with Gasteiger partial charge < -0.3 is 9.42 Å². The molecule has 0 aliphatic carbocycles. The quantitative estimate of drug-likeness (QED) is 0.601. The molecule has 6 heteroatoms. The Kier molecular flexibility index (Phi) is 5.91. The van der Waals surface area contributed by atoms with Crippen LogP contribution in [0.4, 0.5) is 5.69 Å². The summed E-state index contributed by atoms with van der Waals surface area (Å²) in [5.41, 5.74) is 3.99. The highest BCUT2D eigenvalue weighted by molar-refractivity contribution is 6.30. The second-order valence-electron chi connectivity index (χ2n) is 6.45. The van der Waals surface area contributed by atoms with E-state index in [1.54, 1.807) is 17.0 Å². The normalized spacial score (nSPS) is 10.8. The average molecular weight is 384 g/mol. The van der Waals surface area contributed by atoms with E-state index in [2.05, 4.69) is 10.1 Å². The van der Waals surface area contributed by atoms with Crippen LogP contribution in [0.3, 0.4) is 0 Å². The highest BCUT2D eigenvalue weighted by Gasteiger charge is 2.18. The van der Waals surface area contributed by atoms with Crippen molar-refractivity contribution in [1.29, 1.82) is 0 Å². The van der Waals surface area contributed by atoms with E-state index in [1.807, 2.05) is 51.1 Å². The first-order valence-electron chi connectivity index (χ1n) is 8.94. The van der Waals surface area contributed by atoms with Gasteiger partial charge in [-0.2, -0.15) is 4.98 Å². The summed E-state index contributed by atoms with van der Waals surface area (Å²) in [6, 6.07) is 13.4. The van der Waals surface area contributed by atoms with Crippen molar-refractivity contribution in [3.05, 3.63) is 64.5 Å². The first-order valence-corrected chi connectivity index (χ1v) is 9.32. The first-order chi connectivity index (χ1) is 13.0. The van der Waals surface area contributed by atoms with E-state index in [0.717, 1.165) is 22.4 Å². The number of benzene rings is 2. The highest BCUT2D eigenvalue weighted by atomic mass is 35.5. The summed E-state index contributed by atoms with van der Waals surface area (Å²) < 4.78 is 5.30. The first kappa shape index (κ1) is 19.1. The lowest BCUT2D eigenvalue weighted by Gasteiger charge is -2.23. The standard InChI is InChI=1S/C21H22ClN3O2/c1-4-25(18-13-14(2)5-6-15(18)3)20(26)12-11-19-23-21(24-27-19)16-7-9-17(22)10-8-16/h5-10,13H,4,11-12H2,1-3H3. The van der Waals surface area contributed by atoms with Gasteiger partial charge in [0.25, 0.3) is 0 Å². The number of aromatic nitrogens is 2. The van der Waals surface area contributed by atoms with E-state index in [4.69, 9.17) is 16.1 Å². The van der Waals surface area contributed by atoms with Gasteiger partial charge in [0.05, 0.1) is 0 Å². The zero-order valence-electron chi connectivity index (χ0n) is 15.7. The van der Waals surface area contributed by atoms with E-state index < -0.39 is 0 Å². The smallest absolute Gasteiger partial charge is 0.227 e. The van der Waals surface area contributed by atoms with Crippen LogP contribution < -0.4 is 4.90 Å². The molecule has 0 bridgehead atoms. The third-order valence-corrected chi connectivity index (χ3v) is 4.65. The second kappa shape index (κ2) is 8.35. The molecule has 0 aliphatic rings. The molecule has 1 aromatic heterocycles. The topological polar surface area (TPSA) is 59.2 Å². The maximum atomic E-state index is 12.7. The molecule has 0 saturated carbocycles. The van der Waals surface area contributed by atoms with E-state index in [-0.39, 0.29) is 5.91 Å². The summed E-state index contributed by atoms with van der Waals surface area (Å²) in [4.78, 5) is 18.9. The molecule has 0 spiro atoms. The number of carbonyl (C=O) groups is 1. The fourth-order valence-electron chi connectivity index (χ4n) is 2.91. The molecule has 1 amide bonds. The molecule has 140 valence electrons. The highest BCUT2D eigenvalue weighted by Crippen LogP contribution is 2.23. The van der Waals surface area contributed by atoms with Crippen LogP contribution in [0.5, 0.6) is 0 Å². The Morgan fingerprint density at radius 1 is 1.15 bits per heavy atom. The third-order valence-electron chi connectivity index (χ3n) is 4.40.